The summed E-state index contributed by atoms with van der Waals surface area (Å²) in [5.41, 5.74) is 10.6. The molecule has 0 N–H and O–H groups in total. The maximum atomic E-state index is 5.12. The summed E-state index contributed by atoms with van der Waals surface area (Å²) in [5.74, 6) is 1.90. The molecule has 0 bridgehead atoms. The first kappa shape index (κ1) is 30.1. The van der Waals surface area contributed by atoms with E-state index in [1.807, 2.05) is 66.7 Å². The molecule has 10 aromatic rings. The van der Waals surface area contributed by atoms with E-state index in [1.54, 1.807) is 11.3 Å². The van der Waals surface area contributed by atoms with Crippen molar-refractivity contribution in [1.82, 2.24) is 24.5 Å². The molecule has 0 spiro atoms. The lowest BCUT2D eigenvalue weighted by molar-refractivity contribution is 1.07. The van der Waals surface area contributed by atoms with Gasteiger partial charge in [0, 0.05) is 38.7 Å². The molecule has 3 aromatic heterocycles. The van der Waals surface area contributed by atoms with Crippen LogP contribution in [0.3, 0.4) is 0 Å². The van der Waals surface area contributed by atoms with Crippen LogP contribution in [0.25, 0.3) is 93.6 Å². The highest BCUT2D eigenvalue weighted by Crippen LogP contribution is 2.42. The normalized spacial score (nSPS) is 11.5. The van der Waals surface area contributed by atoms with Gasteiger partial charge in [0.1, 0.15) is 5.01 Å². The number of thiazole rings is 1. The summed E-state index contributed by atoms with van der Waals surface area (Å²) < 4.78 is 3.53. The van der Waals surface area contributed by atoms with Gasteiger partial charge in [-0.25, -0.2) is 19.9 Å². The molecule has 0 saturated carbocycles. The quantitative estimate of drug-likeness (QED) is 0.175. The Morgan fingerprint density at radius 3 is 1.58 bits per heavy atom. The average Bonchev–Trinajstić information content (AvgIpc) is 3.82. The van der Waals surface area contributed by atoms with Crippen molar-refractivity contribution >= 4 is 43.4 Å². The molecule has 0 aliphatic heterocycles. The second kappa shape index (κ2) is 12.5. The van der Waals surface area contributed by atoms with Crippen LogP contribution in [-0.2, 0) is 0 Å². The van der Waals surface area contributed by atoms with Gasteiger partial charge >= 0.3 is 0 Å². The summed E-state index contributed by atoms with van der Waals surface area (Å²) in [4.78, 5) is 20.1. The summed E-state index contributed by atoms with van der Waals surface area (Å²) in [6.45, 7) is 0. The predicted octanol–water partition coefficient (Wildman–Crippen LogP) is 11.9. The van der Waals surface area contributed by atoms with Gasteiger partial charge in [-0.3, -0.25) is 0 Å². The van der Waals surface area contributed by atoms with Gasteiger partial charge in [0.2, 0.25) is 0 Å². The Balaban J connectivity index is 1.21. The molecule has 0 saturated heterocycles. The fourth-order valence-electron chi connectivity index (χ4n) is 6.99. The van der Waals surface area contributed by atoms with Crippen molar-refractivity contribution in [2.24, 2.45) is 0 Å². The molecule has 52 heavy (non-hydrogen) atoms. The van der Waals surface area contributed by atoms with Crippen molar-refractivity contribution in [1.29, 1.82) is 0 Å². The minimum Gasteiger partial charge on any atom is -0.308 e. The molecule has 0 atom stereocenters. The lowest BCUT2D eigenvalue weighted by Gasteiger charge is -2.12. The Kier molecular flexibility index (Phi) is 7.25. The van der Waals surface area contributed by atoms with E-state index in [0.717, 1.165) is 54.2 Å². The van der Waals surface area contributed by atoms with Crippen LogP contribution in [0.5, 0.6) is 0 Å². The van der Waals surface area contributed by atoms with E-state index in [0.29, 0.717) is 17.5 Å². The van der Waals surface area contributed by atoms with E-state index >= 15 is 0 Å². The second-order valence-corrected chi connectivity index (χ2v) is 13.7. The van der Waals surface area contributed by atoms with Crippen LogP contribution in [0.15, 0.2) is 176 Å². The van der Waals surface area contributed by atoms with Crippen molar-refractivity contribution in [3.8, 4) is 61.5 Å². The lowest BCUT2D eigenvalue weighted by Crippen LogP contribution is -2.01. The smallest absolute Gasteiger partial charge is 0.164 e. The first-order chi connectivity index (χ1) is 25.8. The SMILES string of the molecule is c1ccc(-c2ccc3c(c2)c2ccc4nc(-c5ccccc5)sc4c2n3-c2cccc(-c3nc(-c4ccccc4)nc(-c4ccccc4)n3)c2)cc1. The van der Waals surface area contributed by atoms with E-state index in [2.05, 4.69) is 114 Å². The number of hydrogen-bond acceptors (Lipinski definition) is 5. The van der Waals surface area contributed by atoms with Gasteiger partial charge in [0.15, 0.2) is 17.5 Å². The van der Waals surface area contributed by atoms with Gasteiger partial charge < -0.3 is 4.57 Å². The maximum absolute atomic E-state index is 5.12. The van der Waals surface area contributed by atoms with Gasteiger partial charge in [-0.15, -0.1) is 11.3 Å². The molecular formula is C46H29N5S. The lowest BCUT2D eigenvalue weighted by atomic mass is 10.0. The minimum absolute atomic E-state index is 0.621. The van der Waals surface area contributed by atoms with Crippen molar-refractivity contribution in [3.05, 3.63) is 176 Å². The Morgan fingerprint density at radius 1 is 0.385 bits per heavy atom. The van der Waals surface area contributed by atoms with Gasteiger partial charge in [0.25, 0.3) is 0 Å². The molecule has 0 aliphatic carbocycles. The van der Waals surface area contributed by atoms with E-state index < -0.39 is 0 Å². The molecule has 0 radical (unpaired) electrons. The van der Waals surface area contributed by atoms with Gasteiger partial charge in [-0.1, -0.05) is 140 Å². The van der Waals surface area contributed by atoms with Crippen molar-refractivity contribution in [3.63, 3.8) is 0 Å². The first-order valence-corrected chi connectivity index (χ1v) is 18.0. The number of nitrogens with zero attached hydrogens (tertiary/aromatic N) is 5. The van der Waals surface area contributed by atoms with Crippen LogP contribution in [0, 0.1) is 0 Å². The predicted molar refractivity (Wildman–Crippen MR) is 215 cm³/mol. The molecule has 7 aromatic carbocycles. The van der Waals surface area contributed by atoms with Gasteiger partial charge in [-0.2, -0.15) is 0 Å². The van der Waals surface area contributed by atoms with Crippen molar-refractivity contribution < 1.29 is 0 Å². The monoisotopic (exact) mass is 683 g/mol. The van der Waals surface area contributed by atoms with Crippen LogP contribution in [0.2, 0.25) is 0 Å². The Labute approximate surface area is 304 Å². The molecule has 0 aliphatic rings. The van der Waals surface area contributed by atoms with Crippen LogP contribution in [-0.4, -0.2) is 24.5 Å². The second-order valence-electron chi connectivity index (χ2n) is 12.7. The summed E-state index contributed by atoms with van der Waals surface area (Å²) in [6.07, 6.45) is 0. The zero-order valence-electron chi connectivity index (χ0n) is 27.9. The summed E-state index contributed by atoms with van der Waals surface area (Å²) in [5, 5.41) is 3.38. The molecule has 5 nitrogen and oxygen atoms in total. The Hall–Kier alpha value is -6.76. The highest BCUT2D eigenvalue weighted by Gasteiger charge is 2.20. The fraction of sp³-hybridized carbons (Fsp3) is 0. The highest BCUT2D eigenvalue weighted by atomic mass is 32.1. The average molecular weight is 684 g/mol. The largest absolute Gasteiger partial charge is 0.308 e. The van der Waals surface area contributed by atoms with E-state index in [4.69, 9.17) is 19.9 Å². The fourth-order valence-corrected chi connectivity index (χ4v) is 8.10. The molecule has 6 heteroatoms. The van der Waals surface area contributed by atoms with E-state index in [1.165, 1.54) is 21.9 Å². The molecule has 10 rings (SSSR count). The zero-order chi connectivity index (χ0) is 34.4. The third-order valence-corrected chi connectivity index (χ3v) is 10.6. The highest BCUT2D eigenvalue weighted by molar-refractivity contribution is 7.22. The van der Waals surface area contributed by atoms with Crippen LogP contribution >= 0.6 is 11.3 Å². The standard InChI is InChI=1S/C46H29N5S/c1-5-14-30(15-6-1)34-24-27-40-38(29-34)37-25-26-39-42(52-46(47-39)33-20-11-4-12-21-33)41(37)51(40)36-23-13-22-35(28-36)45-49-43(31-16-7-2-8-17-31)48-44(50-45)32-18-9-3-10-19-32/h1-29H. The van der Waals surface area contributed by atoms with Gasteiger partial charge in [-0.05, 0) is 47.5 Å². The maximum Gasteiger partial charge on any atom is 0.164 e. The van der Waals surface area contributed by atoms with Crippen molar-refractivity contribution in [2.75, 3.05) is 0 Å². The number of fused-ring (bicyclic) bond motifs is 5. The number of rotatable bonds is 6. The third kappa shape index (κ3) is 5.25. The number of aromatic nitrogens is 5. The number of benzene rings is 7. The summed E-state index contributed by atoms with van der Waals surface area (Å²) in [7, 11) is 0. The van der Waals surface area contributed by atoms with Crippen molar-refractivity contribution in [2.45, 2.75) is 0 Å². The molecule has 244 valence electrons. The van der Waals surface area contributed by atoms with Crippen LogP contribution < -0.4 is 0 Å². The number of hydrogen-bond donors (Lipinski definition) is 0. The Bertz CT molecular complexity index is 2790. The molecule has 3 heterocycles. The molecule has 0 fully saturated rings. The van der Waals surface area contributed by atoms with Crippen LogP contribution in [0.4, 0.5) is 0 Å². The third-order valence-electron chi connectivity index (χ3n) is 9.47. The van der Waals surface area contributed by atoms with Gasteiger partial charge in [0.05, 0.1) is 21.3 Å². The first-order valence-electron chi connectivity index (χ1n) is 17.2. The Morgan fingerprint density at radius 2 is 0.942 bits per heavy atom. The topological polar surface area (TPSA) is 56.5 Å². The zero-order valence-corrected chi connectivity index (χ0v) is 28.7. The molecule has 0 unspecified atom stereocenters. The van der Waals surface area contributed by atoms with E-state index in [9.17, 15) is 0 Å². The van der Waals surface area contributed by atoms with E-state index in [-0.39, 0.29) is 0 Å². The van der Waals surface area contributed by atoms with Crippen LogP contribution in [0.1, 0.15) is 0 Å². The minimum atomic E-state index is 0.621. The summed E-state index contributed by atoms with van der Waals surface area (Å²) in [6, 6.07) is 60.9. The summed E-state index contributed by atoms with van der Waals surface area (Å²) >= 11 is 1.74. The molecule has 0 amide bonds. The molecular weight excluding hydrogens is 655 g/mol.